The molecule has 0 aliphatic rings. The molecule has 0 bridgehead atoms. The van der Waals surface area contributed by atoms with E-state index in [2.05, 4.69) is 15.1 Å². The minimum Gasteiger partial charge on any atom is -0.493 e. The van der Waals surface area contributed by atoms with Crippen molar-refractivity contribution in [3.63, 3.8) is 0 Å². The first-order chi connectivity index (χ1) is 13.6. The van der Waals surface area contributed by atoms with Crippen LogP contribution in [0.4, 0.5) is 18.9 Å². The molecule has 0 unspecified atom stereocenters. The number of nitrogens with one attached hydrogen (secondary N) is 2. The van der Waals surface area contributed by atoms with Gasteiger partial charge in [-0.1, -0.05) is 6.92 Å². The first-order valence-corrected chi connectivity index (χ1v) is 8.70. The molecule has 8 nitrogen and oxygen atoms in total. The molecule has 2 heterocycles. The van der Waals surface area contributed by atoms with Crippen LogP contribution in [0.1, 0.15) is 19.0 Å². The number of aromatic amines is 1. The number of anilines is 1. The molecule has 1 amide bonds. The summed E-state index contributed by atoms with van der Waals surface area (Å²) in [6, 6.07) is 3.96. The van der Waals surface area contributed by atoms with Crippen molar-refractivity contribution in [3.8, 4) is 17.1 Å². The number of amides is 1. The van der Waals surface area contributed by atoms with E-state index in [0.29, 0.717) is 35.5 Å². The topological polar surface area (TPSA) is 102 Å². The largest absolute Gasteiger partial charge is 0.493 e. The molecular formula is C18H18F3N5O3. The van der Waals surface area contributed by atoms with Gasteiger partial charge in [-0.2, -0.15) is 18.3 Å². The molecule has 0 atom stereocenters. The number of rotatable bonds is 5. The first-order valence-electron chi connectivity index (χ1n) is 8.70. The van der Waals surface area contributed by atoms with Gasteiger partial charge in [0.15, 0.2) is 5.65 Å². The molecule has 0 fully saturated rings. The number of alkyl halides is 3. The third-order valence-corrected chi connectivity index (χ3v) is 4.08. The van der Waals surface area contributed by atoms with Crippen LogP contribution in [-0.2, 0) is 11.8 Å². The highest BCUT2D eigenvalue weighted by atomic mass is 19.4. The van der Waals surface area contributed by atoms with Crippen molar-refractivity contribution < 1.29 is 22.7 Å². The molecule has 2 N–H and O–H groups in total. The predicted octanol–water partition coefficient (Wildman–Crippen LogP) is 2.92. The second kappa shape index (κ2) is 7.57. The lowest BCUT2D eigenvalue weighted by atomic mass is 10.1. The van der Waals surface area contributed by atoms with Crippen molar-refractivity contribution in [2.24, 2.45) is 7.05 Å². The lowest BCUT2D eigenvalue weighted by Crippen LogP contribution is -2.29. The van der Waals surface area contributed by atoms with E-state index in [0.717, 1.165) is 0 Å². The van der Waals surface area contributed by atoms with Crippen LogP contribution in [-0.4, -0.2) is 38.4 Å². The third kappa shape index (κ3) is 4.08. The van der Waals surface area contributed by atoms with Crippen molar-refractivity contribution >= 4 is 22.6 Å². The Morgan fingerprint density at radius 2 is 2.07 bits per heavy atom. The van der Waals surface area contributed by atoms with E-state index in [1.165, 1.54) is 22.9 Å². The summed E-state index contributed by atoms with van der Waals surface area (Å²) in [5, 5.41) is 6.26. The van der Waals surface area contributed by atoms with Crippen LogP contribution < -0.4 is 15.6 Å². The van der Waals surface area contributed by atoms with Crippen molar-refractivity contribution in [3.05, 3.63) is 34.2 Å². The highest BCUT2D eigenvalue weighted by molar-refractivity contribution is 5.95. The zero-order chi connectivity index (χ0) is 21.3. The van der Waals surface area contributed by atoms with Gasteiger partial charge in [0.05, 0.1) is 17.9 Å². The fourth-order valence-electron chi connectivity index (χ4n) is 2.80. The summed E-state index contributed by atoms with van der Waals surface area (Å²) in [4.78, 5) is 30.8. The molecule has 0 spiro atoms. The molecule has 0 radical (unpaired) electrons. The fraction of sp³-hybridized carbons (Fsp3) is 0.333. The van der Waals surface area contributed by atoms with Crippen LogP contribution in [0.15, 0.2) is 23.0 Å². The Kier molecular flexibility index (Phi) is 5.31. The van der Waals surface area contributed by atoms with E-state index in [1.807, 2.05) is 6.92 Å². The second-order valence-corrected chi connectivity index (χ2v) is 6.33. The summed E-state index contributed by atoms with van der Waals surface area (Å²) in [6.07, 6.45) is -4.34. The maximum absolute atomic E-state index is 12.6. The Hall–Kier alpha value is -3.37. The number of carbonyl (C=O) groups is 1. The number of benzene rings is 1. The molecule has 3 aromatic rings. The monoisotopic (exact) mass is 409 g/mol. The Morgan fingerprint density at radius 3 is 2.72 bits per heavy atom. The van der Waals surface area contributed by atoms with Crippen LogP contribution in [0.5, 0.6) is 5.75 Å². The van der Waals surface area contributed by atoms with Crippen LogP contribution >= 0.6 is 0 Å². The van der Waals surface area contributed by atoms with Crippen molar-refractivity contribution in [1.82, 2.24) is 19.7 Å². The second-order valence-electron chi connectivity index (χ2n) is 6.33. The molecule has 0 saturated carbocycles. The van der Waals surface area contributed by atoms with Gasteiger partial charge in [0.25, 0.3) is 5.56 Å². The molecule has 154 valence electrons. The average Bonchev–Trinajstić information content (AvgIpc) is 2.94. The number of hydrogen-bond donors (Lipinski definition) is 2. The number of nitrogens with zero attached hydrogens (tertiary/aromatic N) is 3. The van der Waals surface area contributed by atoms with Gasteiger partial charge in [0, 0.05) is 12.7 Å². The SMILES string of the molecule is CCCOc1ccc(NC(=O)C(F)(F)F)cc1-c1nc2c(c(C)nn2C)c(=O)[nH]1. The number of ether oxygens (including phenoxy) is 1. The Bertz CT molecular complexity index is 1130. The molecule has 0 aliphatic carbocycles. The smallest absolute Gasteiger partial charge is 0.471 e. The summed E-state index contributed by atoms with van der Waals surface area (Å²) < 4.78 is 44.8. The minimum atomic E-state index is -5.03. The van der Waals surface area contributed by atoms with Crippen molar-refractivity contribution in [1.29, 1.82) is 0 Å². The van der Waals surface area contributed by atoms with Gasteiger partial charge in [0.2, 0.25) is 0 Å². The Labute approximate surface area is 162 Å². The van der Waals surface area contributed by atoms with Gasteiger partial charge < -0.3 is 15.0 Å². The number of aryl methyl sites for hydroxylation is 2. The minimum absolute atomic E-state index is 0.0831. The summed E-state index contributed by atoms with van der Waals surface area (Å²) in [5.74, 6) is -1.72. The highest BCUT2D eigenvalue weighted by Crippen LogP contribution is 2.32. The normalized spacial score (nSPS) is 11.7. The van der Waals surface area contributed by atoms with Crippen LogP contribution in [0.3, 0.4) is 0 Å². The average molecular weight is 409 g/mol. The van der Waals surface area contributed by atoms with Crippen LogP contribution in [0.25, 0.3) is 22.4 Å². The van der Waals surface area contributed by atoms with E-state index in [1.54, 1.807) is 19.3 Å². The molecule has 11 heteroatoms. The summed E-state index contributed by atoms with van der Waals surface area (Å²) >= 11 is 0. The van der Waals surface area contributed by atoms with Crippen LogP contribution in [0, 0.1) is 6.92 Å². The molecule has 2 aromatic heterocycles. The van der Waals surface area contributed by atoms with Gasteiger partial charge in [0.1, 0.15) is 17.0 Å². The number of carbonyl (C=O) groups excluding carboxylic acids is 1. The Balaban J connectivity index is 2.14. The number of H-pyrrole nitrogens is 1. The fourth-order valence-corrected chi connectivity index (χ4v) is 2.80. The number of halogens is 3. The van der Waals surface area contributed by atoms with Gasteiger partial charge in [-0.25, -0.2) is 9.67 Å². The summed E-state index contributed by atoms with van der Waals surface area (Å²) in [6.45, 7) is 3.91. The van der Waals surface area contributed by atoms with E-state index in [9.17, 15) is 22.8 Å². The molecule has 0 saturated heterocycles. The maximum atomic E-state index is 12.6. The van der Waals surface area contributed by atoms with Gasteiger partial charge in [-0.3, -0.25) is 9.59 Å². The van der Waals surface area contributed by atoms with Gasteiger partial charge in [-0.05, 0) is 31.5 Å². The molecule has 29 heavy (non-hydrogen) atoms. The zero-order valence-corrected chi connectivity index (χ0v) is 15.8. The van der Waals surface area contributed by atoms with Crippen LogP contribution in [0.2, 0.25) is 0 Å². The van der Waals surface area contributed by atoms with E-state index in [-0.39, 0.29) is 17.1 Å². The highest BCUT2D eigenvalue weighted by Gasteiger charge is 2.38. The van der Waals surface area contributed by atoms with E-state index in [4.69, 9.17) is 4.74 Å². The summed E-state index contributed by atoms with van der Waals surface area (Å²) in [7, 11) is 1.63. The lowest BCUT2D eigenvalue weighted by molar-refractivity contribution is -0.167. The van der Waals surface area contributed by atoms with E-state index < -0.39 is 17.6 Å². The maximum Gasteiger partial charge on any atom is 0.471 e. The number of fused-ring (bicyclic) bond motifs is 1. The quantitative estimate of drug-likeness (QED) is 0.675. The molecule has 0 aliphatic heterocycles. The summed E-state index contributed by atoms with van der Waals surface area (Å²) in [5.41, 5.74) is 0.483. The first kappa shape index (κ1) is 20.4. The molecule has 1 aromatic carbocycles. The number of aromatic nitrogens is 4. The van der Waals surface area contributed by atoms with Gasteiger partial charge in [-0.15, -0.1) is 0 Å². The van der Waals surface area contributed by atoms with Gasteiger partial charge >= 0.3 is 12.1 Å². The lowest BCUT2D eigenvalue weighted by Gasteiger charge is -2.14. The Morgan fingerprint density at radius 1 is 1.34 bits per heavy atom. The van der Waals surface area contributed by atoms with Crippen molar-refractivity contribution in [2.45, 2.75) is 26.4 Å². The number of hydrogen-bond acceptors (Lipinski definition) is 5. The standard InChI is InChI=1S/C18H18F3N5O3/c1-4-7-29-12-6-5-10(22-17(28)18(19,20)21)8-11(12)14-23-15-13(16(27)24-14)9(2)25-26(15)3/h5-6,8H,4,7H2,1-3H3,(H,22,28)(H,23,24,27). The predicted molar refractivity (Wildman–Crippen MR) is 99.8 cm³/mol. The van der Waals surface area contributed by atoms with E-state index >= 15 is 0 Å². The van der Waals surface area contributed by atoms with Crippen molar-refractivity contribution in [2.75, 3.05) is 11.9 Å². The molecular weight excluding hydrogens is 391 g/mol. The third-order valence-electron chi connectivity index (χ3n) is 4.08. The molecule has 3 rings (SSSR count). The zero-order valence-electron chi connectivity index (χ0n) is 15.8.